The Balaban J connectivity index is 1.40. The Morgan fingerprint density at radius 2 is 1.88 bits per heavy atom. The first-order chi connectivity index (χ1) is 12.6. The zero-order chi connectivity index (χ0) is 18.4. The highest BCUT2D eigenvalue weighted by Gasteiger charge is 2.23. The molecule has 0 saturated heterocycles. The molecule has 0 aromatic heterocycles. The van der Waals surface area contributed by atoms with Crippen molar-refractivity contribution in [2.24, 2.45) is 5.92 Å². The van der Waals surface area contributed by atoms with Crippen LogP contribution in [0.15, 0.2) is 24.3 Å². The van der Waals surface area contributed by atoms with Gasteiger partial charge < -0.3 is 19.6 Å². The minimum absolute atomic E-state index is 0.360. The quantitative estimate of drug-likeness (QED) is 0.692. The van der Waals surface area contributed by atoms with Crippen molar-refractivity contribution in [3.63, 3.8) is 0 Å². The topological polar surface area (TPSA) is 35.9 Å². The Morgan fingerprint density at radius 1 is 1.12 bits per heavy atom. The van der Waals surface area contributed by atoms with E-state index in [1.165, 1.54) is 57.1 Å². The molecular weight excluding hydrogens is 324 g/mol. The lowest BCUT2D eigenvalue weighted by Gasteiger charge is -2.32. The van der Waals surface area contributed by atoms with E-state index >= 15 is 0 Å². The number of hydrogen-bond acceptors (Lipinski definition) is 4. The van der Waals surface area contributed by atoms with E-state index in [1.54, 1.807) is 0 Å². The third-order valence-electron chi connectivity index (χ3n) is 5.76. The van der Waals surface area contributed by atoms with Gasteiger partial charge in [0.05, 0.1) is 0 Å². The highest BCUT2D eigenvalue weighted by molar-refractivity contribution is 5.28. The Hall–Kier alpha value is -1.10. The van der Waals surface area contributed by atoms with Crippen LogP contribution in [0.3, 0.4) is 0 Å². The number of benzene rings is 1. The number of nitrogens with zero attached hydrogens (tertiary/aromatic N) is 2. The second-order valence-corrected chi connectivity index (χ2v) is 8.48. The molecule has 0 heterocycles. The van der Waals surface area contributed by atoms with Crippen LogP contribution in [0.1, 0.15) is 50.5 Å². The molecule has 1 aromatic carbocycles. The number of aliphatic hydroxyl groups excluding tert-OH is 1. The van der Waals surface area contributed by atoms with E-state index in [4.69, 9.17) is 4.74 Å². The normalized spacial score (nSPS) is 19.9. The number of likely N-dealkylation sites (N-methyl/N-ethyl adjacent to an activating group) is 1. The molecule has 4 heteroatoms. The first-order valence-electron chi connectivity index (χ1n) is 10.4. The highest BCUT2D eigenvalue weighted by atomic mass is 16.5. The van der Waals surface area contributed by atoms with Gasteiger partial charge >= 0.3 is 0 Å². The van der Waals surface area contributed by atoms with E-state index in [-0.39, 0.29) is 0 Å². The van der Waals surface area contributed by atoms with E-state index in [2.05, 4.69) is 42.1 Å². The summed E-state index contributed by atoms with van der Waals surface area (Å²) in [7, 11) is 4.33. The minimum atomic E-state index is -0.442. The van der Waals surface area contributed by atoms with Crippen LogP contribution in [0, 0.1) is 5.92 Å². The lowest BCUT2D eigenvalue weighted by Crippen LogP contribution is -2.40. The molecule has 2 aliphatic rings. The smallest absolute Gasteiger partial charge is 0.119 e. The molecule has 2 fully saturated rings. The van der Waals surface area contributed by atoms with Crippen molar-refractivity contribution >= 4 is 0 Å². The molecule has 4 nitrogen and oxygen atoms in total. The maximum absolute atomic E-state index is 10.4. The van der Waals surface area contributed by atoms with Gasteiger partial charge in [0.15, 0.2) is 0 Å². The maximum Gasteiger partial charge on any atom is 0.119 e. The number of rotatable bonds is 10. The molecule has 0 radical (unpaired) electrons. The Kier molecular flexibility index (Phi) is 7.35. The second kappa shape index (κ2) is 9.72. The van der Waals surface area contributed by atoms with Gasteiger partial charge in [0.25, 0.3) is 0 Å². The van der Waals surface area contributed by atoms with Crippen LogP contribution in [-0.4, -0.2) is 60.8 Å². The van der Waals surface area contributed by atoms with Gasteiger partial charge in [-0.2, -0.15) is 0 Å². The van der Waals surface area contributed by atoms with Crippen LogP contribution < -0.4 is 4.74 Å². The molecule has 0 unspecified atom stereocenters. The number of hydrogen-bond donors (Lipinski definition) is 1. The van der Waals surface area contributed by atoms with E-state index < -0.39 is 6.10 Å². The molecule has 0 amide bonds. The summed E-state index contributed by atoms with van der Waals surface area (Å²) in [6, 6.07) is 8.94. The van der Waals surface area contributed by atoms with Gasteiger partial charge in [-0.1, -0.05) is 31.4 Å². The van der Waals surface area contributed by atoms with Gasteiger partial charge in [-0.15, -0.1) is 0 Å². The fourth-order valence-electron chi connectivity index (χ4n) is 4.10. The van der Waals surface area contributed by atoms with Crippen molar-refractivity contribution in [3.8, 4) is 5.75 Å². The average molecular weight is 361 g/mol. The molecule has 2 aliphatic carbocycles. The number of ether oxygens (including phenoxy) is 1. The van der Waals surface area contributed by atoms with E-state index in [1.807, 2.05) is 6.07 Å². The molecule has 146 valence electrons. The SMILES string of the molecule is CN(Cc1cccc(OC[C@@H](O)CN(C)C2CCCCC2)c1)CC1CC1. The molecule has 26 heavy (non-hydrogen) atoms. The van der Waals surface area contributed by atoms with Gasteiger partial charge in [-0.3, -0.25) is 0 Å². The molecule has 1 atom stereocenters. The van der Waals surface area contributed by atoms with Crippen molar-refractivity contribution in [2.75, 3.05) is 33.8 Å². The highest BCUT2D eigenvalue weighted by Crippen LogP contribution is 2.29. The van der Waals surface area contributed by atoms with Crippen molar-refractivity contribution in [2.45, 2.75) is 63.6 Å². The Morgan fingerprint density at radius 3 is 2.62 bits per heavy atom. The molecule has 0 bridgehead atoms. The fourth-order valence-corrected chi connectivity index (χ4v) is 4.10. The van der Waals surface area contributed by atoms with Crippen LogP contribution in [0.25, 0.3) is 0 Å². The standard InChI is InChI=1S/C22H36N2O2/c1-23(14-18-11-12-18)15-19-7-6-10-22(13-19)26-17-21(25)16-24(2)20-8-4-3-5-9-20/h6-7,10,13,18,20-21,25H,3-5,8-9,11-12,14-17H2,1-2H3/t21-/m0/s1. The molecule has 2 saturated carbocycles. The third kappa shape index (κ3) is 6.57. The van der Waals surface area contributed by atoms with Crippen LogP contribution >= 0.6 is 0 Å². The van der Waals surface area contributed by atoms with E-state index in [0.717, 1.165) is 18.2 Å². The predicted molar refractivity (Wildman–Crippen MR) is 107 cm³/mol. The third-order valence-corrected chi connectivity index (χ3v) is 5.76. The minimum Gasteiger partial charge on any atom is -0.491 e. The monoisotopic (exact) mass is 360 g/mol. The molecule has 0 spiro atoms. The van der Waals surface area contributed by atoms with Crippen molar-refractivity contribution in [3.05, 3.63) is 29.8 Å². The Bertz CT molecular complexity index is 541. The first kappa shape index (κ1) is 19.7. The Labute approximate surface area is 159 Å². The summed E-state index contributed by atoms with van der Waals surface area (Å²) in [4.78, 5) is 4.71. The number of aliphatic hydroxyl groups is 1. The van der Waals surface area contributed by atoms with E-state index in [9.17, 15) is 5.11 Å². The average Bonchev–Trinajstić information content (AvgIpc) is 3.45. The zero-order valence-corrected chi connectivity index (χ0v) is 16.6. The summed E-state index contributed by atoms with van der Waals surface area (Å²) in [5.41, 5.74) is 1.28. The summed E-state index contributed by atoms with van der Waals surface area (Å²) in [6.07, 6.45) is 8.88. The van der Waals surface area contributed by atoms with E-state index in [0.29, 0.717) is 19.2 Å². The van der Waals surface area contributed by atoms with Crippen molar-refractivity contribution < 1.29 is 9.84 Å². The summed E-state index contributed by atoms with van der Waals surface area (Å²) < 4.78 is 5.88. The van der Waals surface area contributed by atoms with Crippen molar-refractivity contribution in [1.82, 2.24) is 9.80 Å². The van der Waals surface area contributed by atoms with Gasteiger partial charge in [-0.05, 0) is 63.4 Å². The largest absolute Gasteiger partial charge is 0.491 e. The fraction of sp³-hybridized carbons (Fsp3) is 0.727. The van der Waals surface area contributed by atoms with Crippen molar-refractivity contribution in [1.29, 1.82) is 0 Å². The van der Waals surface area contributed by atoms with Gasteiger partial charge in [0, 0.05) is 25.7 Å². The summed E-state index contributed by atoms with van der Waals surface area (Å²) in [6.45, 7) is 3.20. The summed E-state index contributed by atoms with van der Waals surface area (Å²) >= 11 is 0. The summed E-state index contributed by atoms with van der Waals surface area (Å²) in [5.74, 6) is 1.78. The lowest BCUT2D eigenvalue weighted by atomic mass is 9.94. The second-order valence-electron chi connectivity index (χ2n) is 8.48. The molecule has 1 aromatic rings. The molecule has 3 rings (SSSR count). The first-order valence-corrected chi connectivity index (χ1v) is 10.4. The van der Waals surface area contributed by atoms with Crippen LogP contribution in [-0.2, 0) is 6.54 Å². The lowest BCUT2D eigenvalue weighted by molar-refractivity contribution is 0.0561. The van der Waals surface area contributed by atoms with Crippen LogP contribution in [0.2, 0.25) is 0 Å². The molecular formula is C22H36N2O2. The van der Waals surface area contributed by atoms with Gasteiger partial charge in [-0.25, -0.2) is 0 Å². The maximum atomic E-state index is 10.4. The summed E-state index contributed by atoms with van der Waals surface area (Å²) in [5, 5.41) is 10.4. The molecule has 0 aliphatic heterocycles. The predicted octanol–water partition coefficient (Wildman–Crippen LogP) is 3.53. The molecule has 1 N–H and O–H groups in total. The van der Waals surface area contributed by atoms with Gasteiger partial charge in [0.2, 0.25) is 0 Å². The van der Waals surface area contributed by atoms with Crippen LogP contribution in [0.4, 0.5) is 0 Å². The van der Waals surface area contributed by atoms with Crippen LogP contribution in [0.5, 0.6) is 5.75 Å². The zero-order valence-electron chi connectivity index (χ0n) is 16.6. The van der Waals surface area contributed by atoms with Gasteiger partial charge in [0.1, 0.15) is 18.5 Å².